The molecule has 3 heteroatoms. The van der Waals surface area contributed by atoms with Gasteiger partial charge in [0.1, 0.15) is 0 Å². The third-order valence-corrected chi connectivity index (χ3v) is 9.44. The SMILES string of the molecule is c1ccc(-n2ccc3cc4ccc5c6ccccc6n(-c6ccc(-n7c8ccccc8c8ccccc87)cc6)c5c4cc32)cc1. The number of aromatic nitrogens is 3. The molecule has 0 bridgehead atoms. The Kier molecular flexibility index (Phi) is 5.00. The van der Waals surface area contributed by atoms with Gasteiger partial charge in [0, 0.05) is 55.6 Å². The quantitative estimate of drug-likeness (QED) is 0.200. The van der Waals surface area contributed by atoms with Crippen molar-refractivity contribution in [1.29, 1.82) is 0 Å². The van der Waals surface area contributed by atoms with Crippen molar-refractivity contribution in [3.8, 4) is 17.1 Å². The highest BCUT2D eigenvalue weighted by molar-refractivity contribution is 6.20. The third kappa shape index (κ3) is 3.46. The second-order valence-electron chi connectivity index (χ2n) is 11.9. The Hall–Kier alpha value is -6.06. The fraction of sp³-hybridized carbons (Fsp3) is 0. The number of hydrogen-bond acceptors (Lipinski definition) is 0. The summed E-state index contributed by atoms with van der Waals surface area (Å²) in [7, 11) is 0. The van der Waals surface area contributed by atoms with Crippen LogP contribution in [-0.2, 0) is 0 Å². The molecule has 3 nitrogen and oxygen atoms in total. The number of para-hydroxylation sites is 4. The Balaban J connectivity index is 1.23. The van der Waals surface area contributed by atoms with Gasteiger partial charge >= 0.3 is 0 Å². The lowest BCUT2D eigenvalue weighted by Gasteiger charge is -2.13. The second-order valence-corrected chi connectivity index (χ2v) is 11.9. The molecule has 0 unspecified atom stereocenters. The maximum absolute atomic E-state index is 2.45. The maximum atomic E-state index is 2.45. The van der Waals surface area contributed by atoms with E-state index in [4.69, 9.17) is 0 Å². The average molecular weight is 574 g/mol. The van der Waals surface area contributed by atoms with Crippen LogP contribution in [0.3, 0.4) is 0 Å². The predicted octanol–water partition coefficient (Wildman–Crippen LogP) is 11.0. The van der Waals surface area contributed by atoms with Crippen LogP contribution in [0.15, 0.2) is 164 Å². The van der Waals surface area contributed by atoms with Gasteiger partial charge in [-0.3, -0.25) is 0 Å². The fourth-order valence-electron chi connectivity index (χ4n) is 7.45. The minimum absolute atomic E-state index is 1.15. The number of nitrogens with zero attached hydrogens (tertiary/aromatic N) is 3. The van der Waals surface area contributed by atoms with E-state index in [-0.39, 0.29) is 0 Å². The topological polar surface area (TPSA) is 14.8 Å². The molecule has 7 aromatic carbocycles. The third-order valence-electron chi connectivity index (χ3n) is 9.44. The Morgan fingerprint density at radius 2 is 0.867 bits per heavy atom. The fourth-order valence-corrected chi connectivity index (χ4v) is 7.45. The van der Waals surface area contributed by atoms with Crippen molar-refractivity contribution in [2.75, 3.05) is 0 Å². The van der Waals surface area contributed by atoms with Crippen LogP contribution in [0.5, 0.6) is 0 Å². The minimum atomic E-state index is 1.15. The number of hydrogen-bond donors (Lipinski definition) is 0. The van der Waals surface area contributed by atoms with E-state index in [1.807, 2.05) is 0 Å². The van der Waals surface area contributed by atoms with Gasteiger partial charge in [-0.05, 0) is 78.2 Å². The second kappa shape index (κ2) is 9.22. The molecule has 10 rings (SSSR count). The Morgan fingerprint density at radius 1 is 0.311 bits per heavy atom. The van der Waals surface area contributed by atoms with Crippen LogP contribution in [0.25, 0.3) is 82.3 Å². The lowest BCUT2D eigenvalue weighted by Crippen LogP contribution is -1.97. The van der Waals surface area contributed by atoms with E-state index < -0.39 is 0 Å². The smallest absolute Gasteiger partial charge is 0.0620 e. The van der Waals surface area contributed by atoms with Gasteiger partial charge in [0.05, 0.1) is 27.6 Å². The van der Waals surface area contributed by atoms with E-state index in [0.29, 0.717) is 0 Å². The first-order valence-corrected chi connectivity index (χ1v) is 15.4. The molecule has 0 fully saturated rings. The summed E-state index contributed by atoms with van der Waals surface area (Å²) in [5, 5.41) is 8.81. The summed E-state index contributed by atoms with van der Waals surface area (Å²) in [6.07, 6.45) is 2.18. The summed E-state index contributed by atoms with van der Waals surface area (Å²) in [6, 6.07) is 57.3. The average Bonchev–Trinajstić information content (AvgIpc) is 3.78. The zero-order valence-electron chi connectivity index (χ0n) is 24.4. The highest BCUT2D eigenvalue weighted by atomic mass is 15.0. The molecule has 10 aromatic rings. The highest BCUT2D eigenvalue weighted by Crippen LogP contribution is 2.39. The summed E-state index contributed by atoms with van der Waals surface area (Å²) in [4.78, 5) is 0. The molecule has 0 aliphatic rings. The van der Waals surface area contributed by atoms with Crippen molar-refractivity contribution in [3.05, 3.63) is 164 Å². The molecule has 0 aliphatic heterocycles. The minimum Gasteiger partial charge on any atom is -0.317 e. The number of benzene rings is 7. The highest BCUT2D eigenvalue weighted by Gasteiger charge is 2.17. The monoisotopic (exact) mass is 573 g/mol. The van der Waals surface area contributed by atoms with Crippen LogP contribution < -0.4 is 0 Å². The molecule has 0 radical (unpaired) electrons. The van der Waals surface area contributed by atoms with Gasteiger partial charge < -0.3 is 13.7 Å². The first-order valence-electron chi connectivity index (χ1n) is 15.4. The summed E-state index contributed by atoms with van der Waals surface area (Å²) in [5.41, 5.74) is 9.57. The van der Waals surface area contributed by atoms with Crippen molar-refractivity contribution >= 4 is 65.3 Å². The van der Waals surface area contributed by atoms with Crippen LogP contribution in [-0.4, -0.2) is 13.7 Å². The van der Waals surface area contributed by atoms with Gasteiger partial charge in [-0.1, -0.05) is 84.9 Å². The van der Waals surface area contributed by atoms with E-state index in [9.17, 15) is 0 Å². The summed E-state index contributed by atoms with van der Waals surface area (Å²) in [5.74, 6) is 0. The molecule has 3 heterocycles. The number of rotatable bonds is 3. The Morgan fingerprint density at radius 3 is 1.53 bits per heavy atom. The molecule has 45 heavy (non-hydrogen) atoms. The summed E-state index contributed by atoms with van der Waals surface area (Å²) in [6.45, 7) is 0. The maximum Gasteiger partial charge on any atom is 0.0620 e. The lowest BCUT2D eigenvalue weighted by molar-refractivity contribution is 1.13. The molecule has 0 N–H and O–H groups in total. The van der Waals surface area contributed by atoms with Crippen LogP contribution in [0.1, 0.15) is 0 Å². The molecule has 0 saturated heterocycles. The van der Waals surface area contributed by atoms with E-state index in [1.54, 1.807) is 0 Å². The molecule has 210 valence electrons. The van der Waals surface area contributed by atoms with Gasteiger partial charge in [-0.15, -0.1) is 0 Å². The molecule has 0 saturated carbocycles. The first-order chi connectivity index (χ1) is 22.3. The largest absolute Gasteiger partial charge is 0.317 e. The van der Waals surface area contributed by atoms with E-state index in [1.165, 1.54) is 71.0 Å². The van der Waals surface area contributed by atoms with Crippen LogP contribution in [0.4, 0.5) is 0 Å². The summed E-state index contributed by atoms with van der Waals surface area (Å²) >= 11 is 0. The molecule has 0 amide bonds. The van der Waals surface area contributed by atoms with Crippen molar-refractivity contribution in [2.24, 2.45) is 0 Å². The Bertz CT molecular complexity index is 2690. The predicted molar refractivity (Wildman–Crippen MR) is 189 cm³/mol. The first kappa shape index (κ1) is 24.4. The lowest BCUT2D eigenvalue weighted by atomic mass is 10.0. The number of fused-ring (bicyclic) bond motifs is 9. The molecule has 0 atom stereocenters. The van der Waals surface area contributed by atoms with Crippen LogP contribution in [0.2, 0.25) is 0 Å². The molecule has 0 aliphatic carbocycles. The molecular formula is C42H27N3. The zero-order valence-corrected chi connectivity index (χ0v) is 24.4. The zero-order chi connectivity index (χ0) is 29.5. The van der Waals surface area contributed by atoms with E-state index in [0.717, 1.165) is 11.4 Å². The van der Waals surface area contributed by atoms with Crippen molar-refractivity contribution in [2.45, 2.75) is 0 Å². The molecule has 0 spiro atoms. The van der Waals surface area contributed by atoms with Gasteiger partial charge in [0.2, 0.25) is 0 Å². The van der Waals surface area contributed by atoms with Gasteiger partial charge in [-0.25, -0.2) is 0 Å². The summed E-state index contributed by atoms with van der Waals surface area (Å²) < 4.78 is 7.12. The van der Waals surface area contributed by atoms with Gasteiger partial charge in [-0.2, -0.15) is 0 Å². The van der Waals surface area contributed by atoms with Crippen molar-refractivity contribution in [1.82, 2.24) is 13.7 Å². The van der Waals surface area contributed by atoms with E-state index >= 15 is 0 Å². The van der Waals surface area contributed by atoms with E-state index in [2.05, 4.69) is 178 Å². The van der Waals surface area contributed by atoms with Crippen LogP contribution in [0, 0.1) is 0 Å². The van der Waals surface area contributed by atoms with Crippen molar-refractivity contribution in [3.63, 3.8) is 0 Å². The van der Waals surface area contributed by atoms with Crippen LogP contribution >= 0.6 is 0 Å². The molecular weight excluding hydrogens is 546 g/mol. The molecule has 3 aromatic heterocycles. The van der Waals surface area contributed by atoms with Gasteiger partial charge in [0.25, 0.3) is 0 Å². The normalized spacial score (nSPS) is 12.0. The standard InChI is InChI=1S/C42H27N3/c1-2-10-30(11-3-1)43-25-24-29-26-28-18-23-36-35-14-6-9-17-40(35)45(42(36)37(28)27-41(29)43)32-21-19-31(20-22-32)44-38-15-7-4-12-33(38)34-13-5-8-16-39(34)44/h1-27H. The van der Waals surface area contributed by atoms with Crippen molar-refractivity contribution < 1.29 is 0 Å². The van der Waals surface area contributed by atoms with Gasteiger partial charge in [0.15, 0.2) is 0 Å². The Labute approximate surface area is 259 Å².